The molecule has 0 spiro atoms. The molecule has 0 aliphatic heterocycles. The highest BCUT2D eigenvalue weighted by molar-refractivity contribution is 6.26. The van der Waals surface area contributed by atoms with Gasteiger partial charge in [0.25, 0.3) is 0 Å². The van der Waals surface area contributed by atoms with Gasteiger partial charge in [0.05, 0.1) is 7.11 Å². The first-order valence-corrected chi connectivity index (χ1v) is 13.1. The van der Waals surface area contributed by atoms with Crippen LogP contribution in [0.2, 0.25) is 0 Å². The van der Waals surface area contributed by atoms with Gasteiger partial charge >= 0.3 is 0 Å². The van der Waals surface area contributed by atoms with Crippen molar-refractivity contribution in [1.29, 1.82) is 0 Å². The van der Waals surface area contributed by atoms with Crippen LogP contribution in [0.3, 0.4) is 0 Å². The minimum absolute atomic E-state index is 0.896. The minimum Gasteiger partial charge on any atom is -0.497 e. The average Bonchev–Trinajstić information content (AvgIpc) is 2.98. The lowest BCUT2D eigenvalue weighted by Gasteiger charge is -2.19. The van der Waals surface area contributed by atoms with Crippen LogP contribution >= 0.6 is 0 Å². The van der Waals surface area contributed by atoms with Crippen molar-refractivity contribution < 1.29 is 4.74 Å². The molecule has 1 nitrogen and oxygen atoms in total. The van der Waals surface area contributed by atoms with E-state index in [0.717, 1.165) is 5.75 Å². The van der Waals surface area contributed by atoms with Crippen LogP contribution in [0.15, 0.2) is 127 Å². The second-order valence-electron chi connectivity index (χ2n) is 10.1. The summed E-state index contributed by atoms with van der Waals surface area (Å²) in [4.78, 5) is 0. The number of benzene rings is 8. The Labute approximate surface area is 220 Å². The first-order chi connectivity index (χ1) is 18.8. The van der Waals surface area contributed by atoms with E-state index in [1.807, 2.05) is 0 Å². The van der Waals surface area contributed by atoms with Gasteiger partial charge in [0.15, 0.2) is 0 Å². The van der Waals surface area contributed by atoms with E-state index in [0.29, 0.717) is 0 Å². The summed E-state index contributed by atoms with van der Waals surface area (Å²) in [7, 11) is 1.73. The molecule has 8 aromatic carbocycles. The van der Waals surface area contributed by atoms with Crippen molar-refractivity contribution >= 4 is 53.9 Å². The Morgan fingerprint density at radius 2 is 0.789 bits per heavy atom. The summed E-state index contributed by atoms with van der Waals surface area (Å²) in [5.74, 6) is 0.896. The van der Waals surface area contributed by atoms with E-state index in [9.17, 15) is 0 Å². The molecule has 178 valence electrons. The summed E-state index contributed by atoms with van der Waals surface area (Å²) >= 11 is 0. The zero-order valence-electron chi connectivity index (χ0n) is 21.0. The third kappa shape index (κ3) is 2.99. The Kier molecular flexibility index (Phi) is 4.50. The van der Waals surface area contributed by atoms with Crippen LogP contribution in [-0.2, 0) is 0 Å². The molecule has 0 radical (unpaired) electrons. The number of hydrogen-bond acceptors (Lipinski definition) is 1. The van der Waals surface area contributed by atoms with Crippen molar-refractivity contribution in [3.05, 3.63) is 127 Å². The quantitative estimate of drug-likeness (QED) is 0.179. The Hall–Kier alpha value is -4.88. The number of hydrogen-bond donors (Lipinski definition) is 0. The predicted molar refractivity (Wildman–Crippen MR) is 163 cm³/mol. The van der Waals surface area contributed by atoms with Crippen LogP contribution < -0.4 is 4.74 Å². The zero-order chi connectivity index (χ0) is 25.2. The lowest BCUT2D eigenvalue weighted by atomic mass is 9.84. The van der Waals surface area contributed by atoms with E-state index in [1.165, 1.54) is 76.1 Å². The summed E-state index contributed by atoms with van der Waals surface area (Å²) in [5.41, 5.74) is 5.09. The molecule has 0 bridgehead atoms. The fourth-order valence-electron chi connectivity index (χ4n) is 6.43. The molecule has 8 aromatic rings. The maximum absolute atomic E-state index is 5.56. The average molecular weight is 485 g/mol. The van der Waals surface area contributed by atoms with Crippen molar-refractivity contribution in [2.75, 3.05) is 7.11 Å². The number of fused-ring (bicyclic) bond motifs is 2. The second-order valence-corrected chi connectivity index (χ2v) is 10.1. The van der Waals surface area contributed by atoms with Crippen LogP contribution in [0.4, 0.5) is 0 Å². The van der Waals surface area contributed by atoms with Gasteiger partial charge in [0.2, 0.25) is 0 Å². The molecule has 0 heterocycles. The van der Waals surface area contributed by atoms with Crippen molar-refractivity contribution in [3.63, 3.8) is 0 Å². The van der Waals surface area contributed by atoms with Crippen LogP contribution in [0.5, 0.6) is 5.75 Å². The van der Waals surface area contributed by atoms with Gasteiger partial charge in [-0.25, -0.2) is 0 Å². The highest BCUT2D eigenvalue weighted by Gasteiger charge is 2.18. The monoisotopic (exact) mass is 484 g/mol. The smallest absolute Gasteiger partial charge is 0.120 e. The fraction of sp³-hybridized carbons (Fsp3) is 0.0270. The summed E-state index contributed by atoms with van der Waals surface area (Å²) in [6, 6.07) is 46.5. The molecule has 0 saturated heterocycles. The predicted octanol–water partition coefficient (Wildman–Crippen LogP) is 10.2. The molecular formula is C37H24O. The largest absolute Gasteiger partial charge is 0.497 e. The standard InChI is InChI=1S/C37H24O/c1-38-29-21-26-17-15-24-19-28(20-25-16-18-27(22-29)35(26)34(24)25)37-32-13-7-5-11-30(32)36(23-9-3-2-4-10-23)31-12-6-8-14-33(31)37/h2-22H,1H3. The van der Waals surface area contributed by atoms with Gasteiger partial charge in [-0.2, -0.15) is 0 Å². The van der Waals surface area contributed by atoms with Gasteiger partial charge in [0, 0.05) is 0 Å². The van der Waals surface area contributed by atoms with Gasteiger partial charge in [0.1, 0.15) is 5.75 Å². The van der Waals surface area contributed by atoms with Gasteiger partial charge in [-0.1, -0.05) is 103 Å². The van der Waals surface area contributed by atoms with Gasteiger partial charge in [-0.05, 0) is 100 Å². The summed E-state index contributed by atoms with van der Waals surface area (Å²) in [5, 5.41) is 12.7. The lowest BCUT2D eigenvalue weighted by Crippen LogP contribution is -1.92. The highest BCUT2D eigenvalue weighted by atomic mass is 16.5. The van der Waals surface area contributed by atoms with Crippen LogP contribution in [0.25, 0.3) is 76.1 Å². The third-order valence-electron chi connectivity index (χ3n) is 8.03. The number of rotatable bonds is 3. The first-order valence-electron chi connectivity index (χ1n) is 13.1. The lowest BCUT2D eigenvalue weighted by molar-refractivity contribution is 0.416. The van der Waals surface area contributed by atoms with Crippen LogP contribution in [0.1, 0.15) is 0 Å². The topological polar surface area (TPSA) is 9.23 Å². The maximum atomic E-state index is 5.56. The SMILES string of the molecule is COc1cc2ccc3cc(-c4c5ccccc5c(-c5ccccc5)c5ccccc45)cc4ccc(c1)c2c34. The zero-order valence-corrected chi connectivity index (χ0v) is 21.0. The minimum atomic E-state index is 0.896. The number of ether oxygens (including phenoxy) is 1. The Morgan fingerprint density at radius 3 is 1.24 bits per heavy atom. The van der Waals surface area contributed by atoms with Crippen molar-refractivity contribution in [2.24, 2.45) is 0 Å². The molecule has 0 fully saturated rings. The van der Waals surface area contributed by atoms with Crippen molar-refractivity contribution in [2.45, 2.75) is 0 Å². The molecule has 0 aliphatic rings. The van der Waals surface area contributed by atoms with Gasteiger partial charge in [-0.15, -0.1) is 0 Å². The molecule has 0 unspecified atom stereocenters. The summed E-state index contributed by atoms with van der Waals surface area (Å²) in [6.45, 7) is 0. The van der Waals surface area contributed by atoms with E-state index >= 15 is 0 Å². The molecule has 0 amide bonds. The molecular weight excluding hydrogens is 460 g/mol. The second kappa shape index (κ2) is 8.06. The van der Waals surface area contributed by atoms with E-state index in [1.54, 1.807) is 7.11 Å². The molecule has 0 atom stereocenters. The van der Waals surface area contributed by atoms with Crippen molar-refractivity contribution in [1.82, 2.24) is 0 Å². The highest BCUT2D eigenvalue weighted by Crippen LogP contribution is 2.45. The molecule has 8 rings (SSSR count). The maximum Gasteiger partial charge on any atom is 0.120 e. The normalized spacial score (nSPS) is 11.8. The van der Waals surface area contributed by atoms with E-state index in [4.69, 9.17) is 4.74 Å². The Bertz CT molecular complexity index is 2030. The third-order valence-corrected chi connectivity index (χ3v) is 8.03. The molecule has 0 saturated carbocycles. The Balaban J connectivity index is 1.50. The Morgan fingerprint density at radius 1 is 0.395 bits per heavy atom. The van der Waals surface area contributed by atoms with E-state index in [2.05, 4.69) is 127 Å². The fourth-order valence-corrected chi connectivity index (χ4v) is 6.43. The molecule has 38 heavy (non-hydrogen) atoms. The molecule has 0 aliphatic carbocycles. The van der Waals surface area contributed by atoms with E-state index in [-0.39, 0.29) is 0 Å². The molecule has 1 heteroatoms. The van der Waals surface area contributed by atoms with Crippen LogP contribution in [-0.4, -0.2) is 7.11 Å². The molecule has 0 N–H and O–H groups in total. The summed E-state index contributed by atoms with van der Waals surface area (Å²) < 4.78 is 5.56. The first kappa shape index (κ1) is 21.2. The van der Waals surface area contributed by atoms with Gasteiger partial charge < -0.3 is 4.74 Å². The summed E-state index contributed by atoms with van der Waals surface area (Å²) in [6.07, 6.45) is 0. The van der Waals surface area contributed by atoms with Gasteiger partial charge in [-0.3, -0.25) is 0 Å². The van der Waals surface area contributed by atoms with E-state index < -0.39 is 0 Å². The molecule has 0 aromatic heterocycles. The van der Waals surface area contributed by atoms with Crippen molar-refractivity contribution in [3.8, 4) is 28.0 Å². The number of methoxy groups -OCH3 is 1. The van der Waals surface area contributed by atoms with Crippen LogP contribution in [0, 0.1) is 0 Å².